The lowest BCUT2D eigenvalue weighted by atomic mass is 9.73. The van der Waals surface area contributed by atoms with Crippen LogP contribution < -0.4 is 10.6 Å². The molecule has 1 saturated carbocycles. The SMILES string of the molecule is CC(=O)Nc1ccc(NC2CC(C(C)C)C2)cc1C. The van der Waals surface area contributed by atoms with E-state index in [2.05, 4.69) is 30.5 Å². The minimum absolute atomic E-state index is 0.0254. The molecular weight excluding hydrogens is 236 g/mol. The van der Waals surface area contributed by atoms with E-state index in [1.807, 2.05) is 19.1 Å². The molecule has 0 bridgehead atoms. The van der Waals surface area contributed by atoms with Crippen molar-refractivity contribution in [3.63, 3.8) is 0 Å². The maximum Gasteiger partial charge on any atom is 0.221 e. The van der Waals surface area contributed by atoms with Crippen molar-refractivity contribution in [1.82, 2.24) is 0 Å². The molecule has 0 heterocycles. The van der Waals surface area contributed by atoms with Crippen molar-refractivity contribution in [1.29, 1.82) is 0 Å². The van der Waals surface area contributed by atoms with Gasteiger partial charge in [-0.25, -0.2) is 0 Å². The Morgan fingerprint density at radius 3 is 2.53 bits per heavy atom. The minimum atomic E-state index is -0.0254. The molecule has 104 valence electrons. The summed E-state index contributed by atoms with van der Waals surface area (Å²) in [5, 5.41) is 6.41. The van der Waals surface area contributed by atoms with E-state index in [0.29, 0.717) is 6.04 Å². The molecule has 0 spiro atoms. The Morgan fingerprint density at radius 1 is 1.32 bits per heavy atom. The maximum atomic E-state index is 11.1. The Hall–Kier alpha value is -1.51. The van der Waals surface area contributed by atoms with Gasteiger partial charge in [-0.2, -0.15) is 0 Å². The predicted molar refractivity (Wildman–Crippen MR) is 80.5 cm³/mol. The fourth-order valence-electron chi connectivity index (χ4n) is 2.64. The van der Waals surface area contributed by atoms with Gasteiger partial charge in [-0.3, -0.25) is 4.79 Å². The summed E-state index contributed by atoms with van der Waals surface area (Å²) in [6.45, 7) is 8.15. The average molecular weight is 260 g/mol. The Kier molecular flexibility index (Phi) is 4.13. The third kappa shape index (κ3) is 3.49. The lowest BCUT2D eigenvalue weighted by molar-refractivity contribution is -0.114. The molecule has 1 aromatic rings. The van der Waals surface area contributed by atoms with Crippen molar-refractivity contribution in [2.24, 2.45) is 11.8 Å². The van der Waals surface area contributed by atoms with Crippen molar-refractivity contribution in [2.75, 3.05) is 10.6 Å². The van der Waals surface area contributed by atoms with Gasteiger partial charge in [-0.05, 0) is 55.4 Å². The van der Waals surface area contributed by atoms with Gasteiger partial charge in [0, 0.05) is 24.3 Å². The molecule has 0 aliphatic heterocycles. The van der Waals surface area contributed by atoms with Gasteiger partial charge in [-0.1, -0.05) is 13.8 Å². The van der Waals surface area contributed by atoms with E-state index in [9.17, 15) is 4.79 Å². The fourth-order valence-corrected chi connectivity index (χ4v) is 2.64. The lowest BCUT2D eigenvalue weighted by Gasteiger charge is -2.39. The van der Waals surface area contributed by atoms with E-state index in [1.165, 1.54) is 19.8 Å². The summed E-state index contributed by atoms with van der Waals surface area (Å²) >= 11 is 0. The van der Waals surface area contributed by atoms with Gasteiger partial charge in [-0.15, -0.1) is 0 Å². The van der Waals surface area contributed by atoms with E-state index in [0.717, 1.165) is 28.8 Å². The molecule has 19 heavy (non-hydrogen) atoms. The van der Waals surface area contributed by atoms with E-state index < -0.39 is 0 Å². The molecule has 0 atom stereocenters. The number of amides is 1. The van der Waals surface area contributed by atoms with Crippen LogP contribution in [0.2, 0.25) is 0 Å². The number of carbonyl (C=O) groups excluding carboxylic acids is 1. The molecule has 1 aliphatic carbocycles. The van der Waals surface area contributed by atoms with Crippen LogP contribution in [0.5, 0.6) is 0 Å². The normalized spacial score (nSPS) is 21.9. The lowest BCUT2D eigenvalue weighted by Crippen LogP contribution is -2.37. The standard InChI is InChI=1S/C16H24N2O/c1-10(2)13-8-15(9-13)18-14-5-6-16(11(3)7-14)17-12(4)19/h5-7,10,13,15,18H,8-9H2,1-4H3,(H,17,19). The molecule has 1 fully saturated rings. The number of anilines is 2. The third-order valence-electron chi connectivity index (χ3n) is 4.03. The van der Waals surface area contributed by atoms with Crippen LogP contribution in [0, 0.1) is 18.8 Å². The number of carbonyl (C=O) groups is 1. The Bertz CT molecular complexity index is 462. The van der Waals surface area contributed by atoms with E-state index >= 15 is 0 Å². The number of nitrogens with one attached hydrogen (secondary N) is 2. The Labute approximate surface area is 115 Å². The average Bonchev–Trinajstić information content (AvgIpc) is 2.25. The molecule has 1 amide bonds. The van der Waals surface area contributed by atoms with Crippen LogP contribution in [0.4, 0.5) is 11.4 Å². The molecule has 0 radical (unpaired) electrons. The summed E-state index contributed by atoms with van der Waals surface area (Å²) in [6.07, 6.45) is 2.54. The van der Waals surface area contributed by atoms with E-state index in [-0.39, 0.29) is 5.91 Å². The van der Waals surface area contributed by atoms with Crippen LogP contribution in [-0.2, 0) is 4.79 Å². The first-order valence-corrected chi connectivity index (χ1v) is 7.10. The van der Waals surface area contributed by atoms with Crippen molar-refractivity contribution >= 4 is 17.3 Å². The van der Waals surface area contributed by atoms with Gasteiger partial charge < -0.3 is 10.6 Å². The van der Waals surface area contributed by atoms with Crippen molar-refractivity contribution in [3.05, 3.63) is 23.8 Å². The smallest absolute Gasteiger partial charge is 0.221 e. The summed E-state index contributed by atoms with van der Waals surface area (Å²) in [5.41, 5.74) is 3.14. The minimum Gasteiger partial charge on any atom is -0.382 e. The molecule has 0 aromatic heterocycles. The van der Waals surface area contributed by atoms with Crippen molar-refractivity contribution < 1.29 is 4.79 Å². The second-order valence-electron chi connectivity index (χ2n) is 6.03. The highest BCUT2D eigenvalue weighted by Gasteiger charge is 2.30. The Balaban J connectivity index is 1.92. The first-order chi connectivity index (χ1) is 8.95. The molecule has 0 saturated heterocycles. The molecule has 3 heteroatoms. The number of benzene rings is 1. The largest absolute Gasteiger partial charge is 0.382 e. The van der Waals surface area contributed by atoms with E-state index in [1.54, 1.807) is 0 Å². The van der Waals surface area contributed by atoms with Gasteiger partial charge in [0.1, 0.15) is 0 Å². The first-order valence-electron chi connectivity index (χ1n) is 7.10. The van der Waals surface area contributed by atoms with Crippen LogP contribution >= 0.6 is 0 Å². The topological polar surface area (TPSA) is 41.1 Å². The van der Waals surface area contributed by atoms with Gasteiger partial charge in [0.25, 0.3) is 0 Å². The molecule has 0 unspecified atom stereocenters. The maximum absolute atomic E-state index is 11.1. The molecule has 2 N–H and O–H groups in total. The fraction of sp³-hybridized carbons (Fsp3) is 0.562. The third-order valence-corrected chi connectivity index (χ3v) is 4.03. The van der Waals surface area contributed by atoms with Gasteiger partial charge in [0.15, 0.2) is 0 Å². The molecule has 1 aromatic carbocycles. The predicted octanol–water partition coefficient (Wildman–Crippen LogP) is 3.80. The van der Waals surface area contributed by atoms with Crippen LogP contribution in [-0.4, -0.2) is 11.9 Å². The van der Waals surface area contributed by atoms with Crippen LogP contribution in [0.25, 0.3) is 0 Å². The zero-order chi connectivity index (χ0) is 14.0. The zero-order valence-electron chi connectivity index (χ0n) is 12.3. The van der Waals surface area contributed by atoms with E-state index in [4.69, 9.17) is 0 Å². The monoisotopic (exact) mass is 260 g/mol. The van der Waals surface area contributed by atoms with Crippen molar-refractivity contribution in [3.8, 4) is 0 Å². The van der Waals surface area contributed by atoms with Crippen LogP contribution in [0.1, 0.15) is 39.2 Å². The second-order valence-corrected chi connectivity index (χ2v) is 6.03. The molecule has 3 nitrogen and oxygen atoms in total. The highest BCUT2D eigenvalue weighted by atomic mass is 16.1. The molecule has 2 rings (SSSR count). The summed E-state index contributed by atoms with van der Waals surface area (Å²) < 4.78 is 0. The molecule has 1 aliphatic rings. The van der Waals surface area contributed by atoms with Crippen LogP contribution in [0.15, 0.2) is 18.2 Å². The first kappa shape index (κ1) is 13.9. The van der Waals surface area contributed by atoms with Gasteiger partial charge in [0.2, 0.25) is 5.91 Å². The molecular formula is C16H24N2O. The second kappa shape index (κ2) is 5.64. The van der Waals surface area contributed by atoms with Gasteiger partial charge in [0.05, 0.1) is 0 Å². The quantitative estimate of drug-likeness (QED) is 0.864. The summed E-state index contributed by atoms with van der Waals surface area (Å²) in [4.78, 5) is 11.1. The zero-order valence-corrected chi connectivity index (χ0v) is 12.3. The number of rotatable bonds is 4. The van der Waals surface area contributed by atoms with Crippen LogP contribution in [0.3, 0.4) is 0 Å². The number of aryl methyl sites for hydroxylation is 1. The highest BCUT2D eigenvalue weighted by Crippen LogP contribution is 2.35. The highest BCUT2D eigenvalue weighted by molar-refractivity contribution is 5.89. The summed E-state index contributed by atoms with van der Waals surface area (Å²) in [5.74, 6) is 1.64. The summed E-state index contributed by atoms with van der Waals surface area (Å²) in [7, 11) is 0. The van der Waals surface area contributed by atoms with Gasteiger partial charge >= 0.3 is 0 Å². The summed E-state index contributed by atoms with van der Waals surface area (Å²) in [6, 6.07) is 6.73. The number of hydrogen-bond acceptors (Lipinski definition) is 2. The number of hydrogen-bond donors (Lipinski definition) is 2. The Morgan fingerprint density at radius 2 is 2.00 bits per heavy atom. The van der Waals surface area contributed by atoms with Crippen molar-refractivity contribution in [2.45, 2.75) is 46.6 Å².